The van der Waals surface area contributed by atoms with E-state index in [0.717, 1.165) is 5.56 Å². The lowest BCUT2D eigenvalue weighted by Gasteiger charge is -1.97. The van der Waals surface area contributed by atoms with Crippen LogP contribution < -0.4 is 5.43 Å². The molecule has 0 atom stereocenters. The minimum atomic E-state index is -0.0799. The molecular weight excluding hydrogens is 212 g/mol. The monoisotopic (exact) mass is 224 g/mol. The molecule has 2 heteroatoms. The normalized spacial score (nSPS) is 9.94. The van der Waals surface area contributed by atoms with Crippen LogP contribution in [0, 0.1) is 0 Å². The minimum absolute atomic E-state index is 0.0437. The van der Waals surface area contributed by atoms with Crippen LogP contribution in [0.2, 0.25) is 0 Å². The lowest BCUT2D eigenvalue weighted by Crippen LogP contribution is -1.99. The first-order chi connectivity index (χ1) is 8.18. The Morgan fingerprint density at radius 1 is 0.941 bits per heavy atom. The van der Waals surface area contributed by atoms with Crippen molar-refractivity contribution < 1.29 is 4.79 Å². The molecular formula is C15H12O2. The van der Waals surface area contributed by atoms with Crippen molar-refractivity contribution in [2.24, 2.45) is 0 Å². The average Bonchev–Trinajstić information content (AvgIpc) is 2.52. The highest BCUT2D eigenvalue weighted by molar-refractivity contribution is 5.95. The van der Waals surface area contributed by atoms with Crippen LogP contribution in [0.5, 0.6) is 0 Å². The third-order valence-corrected chi connectivity index (χ3v) is 2.58. The smallest absolute Gasteiger partial charge is 0.186 e. The van der Waals surface area contributed by atoms with E-state index in [-0.39, 0.29) is 11.2 Å². The molecule has 0 fully saturated rings. The van der Waals surface area contributed by atoms with Crippen LogP contribution in [-0.4, -0.2) is 5.78 Å². The van der Waals surface area contributed by atoms with Gasteiger partial charge in [-0.15, -0.1) is 0 Å². The number of benzene rings is 1. The number of rotatable bonds is 2. The van der Waals surface area contributed by atoms with E-state index in [4.69, 9.17) is 0 Å². The van der Waals surface area contributed by atoms with Gasteiger partial charge in [-0.2, -0.15) is 0 Å². The summed E-state index contributed by atoms with van der Waals surface area (Å²) in [7, 11) is 0. The average molecular weight is 224 g/mol. The fourth-order valence-electron chi connectivity index (χ4n) is 1.67. The Morgan fingerprint density at radius 3 is 2.29 bits per heavy atom. The van der Waals surface area contributed by atoms with Crippen molar-refractivity contribution in [3.05, 3.63) is 70.4 Å². The summed E-state index contributed by atoms with van der Waals surface area (Å²) in [6.07, 6.45) is 0. The van der Waals surface area contributed by atoms with Gasteiger partial charge in [-0.05, 0) is 24.6 Å². The maximum atomic E-state index is 11.9. The molecule has 0 aliphatic heterocycles. The van der Waals surface area contributed by atoms with E-state index in [1.165, 1.54) is 13.0 Å². The molecule has 17 heavy (non-hydrogen) atoms. The lowest BCUT2D eigenvalue weighted by molar-refractivity contribution is 0.101. The highest BCUT2D eigenvalue weighted by Crippen LogP contribution is 2.15. The molecule has 0 aliphatic rings. The maximum Gasteiger partial charge on any atom is 0.186 e. The van der Waals surface area contributed by atoms with Crippen LogP contribution in [0.1, 0.15) is 17.3 Å². The van der Waals surface area contributed by atoms with Crippen molar-refractivity contribution >= 4 is 5.78 Å². The van der Waals surface area contributed by atoms with Gasteiger partial charge in [-0.1, -0.05) is 42.5 Å². The second-order valence-electron chi connectivity index (χ2n) is 3.83. The highest BCUT2D eigenvalue weighted by Gasteiger charge is 2.04. The molecule has 2 aromatic rings. The number of Topliss-reactive ketones (excluding diaryl/α,β-unsaturated/α-hetero) is 1. The molecule has 2 aromatic carbocycles. The highest BCUT2D eigenvalue weighted by atomic mass is 16.1. The SMILES string of the molecule is CC(=O)c1cccc(=O)c(-c2ccccc2)c1. The fourth-order valence-corrected chi connectivity index (χ4v) is 1.67. The van der Waals surface area contributed by atoms with Gasteiger partial charge >= 0.3 is 0 Å². The number of carbonyl (C=O) groups is 1. The predicted molar refractivity (Wildman–Crippen MR) is 68.2 cm³/mol. The Kier molecular flexibility index (Phi) is 3.15. The Labute approximate surface area is 99.6 Å². The number of hydrogen-bond donors (Lipinski definition) is 0. The molecule has 0 saturated heterocycles. The van der Waals surface area contributed by atoms with Crippen molar-refractivity contribution in [2.75, 3.05) is 0 Å². The lowest BCUT2D eigenvalue weighted by atomic mass is 10.1. The molecule has 0 unspecified atom stereocenters. The van der Waals surface area contributed by atoms with Gasteiger partial charge in [0.15, 0.2) is 11.2 Å². The molecule has 2 nitrogen and oxygen atoms in total. The third kappa shape index (κ3) is 2.48. The molecule has 0 radical (unpaired) electrons. The zero-order valence-corrected chi connectivity index (χ0v) is 9.51. The van der Waals surface area contributed by atoms with E-state index in [1.54, 1.807) is 18.2 Å². The molecule has 0 amide bonds. The molecule has 0 heterocycles. The molecule has 0 spiro atoms. The summed E-state index contributed by atoms with van der Waals surface area (Å²) >= 11 is 0. The zero-order valence-electron chi connectivity index (χ0n) is 9.51. The van der Waals surface area contributed by atoms with Crippen LogP contribution in [0.3, 0.4) is 0 Å². The summed E-state index contributed by atoms with van der Waals surface area (Å²) in [5.74, 6) is -0.0437. The van der Waals surface area contributed by atoms with Crippen molar-refractivity contribution in [3.8, 4) is 11.1 Å². The van der Waals surface area contributed by atoms with Gasteiger partial charge in [0.1, 0.15) is 0 Å². The third-order valence-electron chi connectivity index (χ3n) is 2.58. The summed E-state index contributed by atoms with van der Waals surface area (Å²) in [5.41, 5.74) is 1.85. The van der Waals surface area contributed by atoms with Crippen LogP contribution in [0.4, 0.5) is 0 Å². The van der Waals surface area contributed by atoms with Crippen LogP contribution in [0.25, 0.3) is 11.1 Å². The first-order valence-corrected chi connectivity index (χ1v) is 5.39. The zero-order chi connectivity index (χ0) is 12.3. The summed E-state index contributed by atoms with van der Waals surface area (Å²) in [6, 6.07) is 15.8. The number of ketones is 1. The number of hydrogen-bond acceptors (Lipinski definition) is 2. The van der Waals surface area contributed by atoms with Gasteiger partial charge in [0.2, 0.25) is 0 Å². The van der Waals surface area contributed by atoms with Crippen molar-refractivity contribution in [1.29, 1.82) is 0 Å². The molecule has 0 N–H and O–H groups in total. The summed E-state index contributed by atoms with van der Waals surface area (Å²) < 4.78 is 0. The van der Waals surface area contributed by atoms with E-state index < -0.39 is 0 Å². The van der Waals surface area contributed by atoms with Gasteiger partial charge in [-0.3, -0.25) is 9.59 Å². The first-order valence-electron chi connectivity index (χ1n) is 5.39. The standard InChI is InChI=1S/C15H12O2/c1-11(16)13-8-5-9-15(17)14(10-13)12-6-3-2-4-7-12/h2-10H,1H3. The summed E-state index contributed by atoms with van der Waals surface area (Å²) in [4.78, 5) is 23.3. The minimum Gasteiger partial charge on any atom is -0.295 e. The summed E-state index contributed by atoms with van der Waals surface area (Å²) in [5, 5.41) is 0. The summed E-state index contributed by atoms with van der Waals surface area (Å²) in [6.45, 7) is 1.49. The van der Waals surface area contributed by atoms with E-state index in [0.29, 0.717) is 11.1 Å². The first kappa shape index (κ1) is 11.3. The van der Waals surface area contributed by atoms with E-state index in [1.807, 2.05) is 30.3 Å². The molecule has 84 valence electrons. The van der Waals surface area contributed by atoms with Crippen molar-refractivity contribution in [1.82, 2.24) is 0 Å². The molecule has 0 aromatic heterocycles. The van der Waals surface area contributed by atoms with Gasteiger partial charge in [0.25, 0.3) is 0 Å². The van der Waals surface area contributed by atoms with Gasteiger partial charge in [-0.25, -0.2) is 0 Å². The molecule has 2 rings (SSSR count). The molecule has 0 aliphatic carbocycles. The van der Waals surface area contributed by atoms with Crippen LogP contribution in [0.15, 0.2) is 59.4 Å². The van der Waals surface area contributed by atoms with Gasteiger partial charge < -0.3 is 0 Å². The molecule has 0 bridgehead atoms. The Bertz CT molecular complexity index is 601. The Hall–Kier alpha value is -2.22. The topological polar surface area (TPSA) is 34.1 Å². The van der Waals surface area contributed by atoms with E-state index in [2.05, 4.69) is 0 Å². The van der Waals surface area contributed by atoms with Crippen molar-refractivity contribution in [3.63, 3.8) is 0 Å². The number of carbonyl (C=O) groups excluding carboxylic acids is 1. The Balaban J connectivity index is 2.70. The second-order valence-corrected chi connectivity index (χ2v) is 3.83. The van der Waals surface area contributed by atoms with Crippen LogP contribution in [-0.2, 0) is 0 Å². The maximum absolute atomic E-state index is 11.9. The van der Waals surface area contributed by atoms with Gasteiger partial charge in [0, 0.05) is 11.1 Å². The van der Waals surface area contributed by atoms with Gasteiger partial charge in [0.05, 0.1) is 0 Å². The van der Waals surface area contributed by atoms with E-state index >= 15 is 0 Å². The predicted octanol–water partition coefficient (Wildman–Crippen LogP) is 2.92. The largest absolute Gasteiger partial charge is 0.295 e. The van der Waals surface area contributed by atoms with E-state index in [9.17, 15) is 9.59 Å². The fraction of sp³-hybridized carbons (Fsp3) is 0.0667. The van der Waals surface area contributed by atoms with Crippen molar-refractivity contribution in [2.45, 2.75) is 6.92 Å². The van der Waals surface area contributed by atoms with Crippen LogP contribution >= 0.6 is 0 Å². The molecule has 0 saturated carbocycles. The quantitative estimate of drug-likeness (QED) is 0.735. The second kappa shape index (κ2) is 4.74. The Morgan fingerprint density at radius 2 is 1.65 bits per heavy atom.